The summed E-state index contributed by atoms with van der Waals surface area (Å²) >= 11 is 0. The van der Waals surface area contributed by atoms with Gasteiger partial charge < -0.3 is 0 Å². The number of fused-ring (bicyclic) bond motifs is 8. The largest absolute Gasteiger partial charge is 0.247 e. The van der Waals surface area contributed by atoms with Gasteiger partial charge in [-0.05, 0) is 90.6 Å². The molecular weight excluding hydrogens is 729 g/mol. The number of benzene rings is 10. The molecule has 0 saturated heterocycles. The summed E-state index contributed by atoms with van der Waals surface area (Å²) in [6, 6.07) is 73.0. The maximum atomic E-state index is 5.38. The molecule has 12 aromatic rings. The molecule has 0 N–H and O–H groups in total. The first-order valence-corrected chi connectivity index (χ1v) is 20.3. The predicted molar refractivity (Wildman–Crippen MR) is 250 cm³/mol. The number of nitrogens with zero attached hydrogens (tertiary/aromatic N) is 4. The van der Waals surface area contributed by atoms with E-state index in [4.69, 9.17) is 19.9 Å². The Morgan fingerprint density at radius 1 is 0.250 bits per heavy atom. The van der Waals surface area contributed by atoms with Crippen molar-refractivity contribution in [2.45, 2.75) is 0 Å². The van der Waals surface area contributed by atoms with Crippen LogP contribution in [0.5, 0.6) is 0 Å². The normalized spacial score (nSPS) is 11.7. The fourth-order valence-electron chi connectivity index (χ4n) is 8.86. The van der Waals surface area contributed by atoms with Crippen molar-refractivity contribution in [1.82, 2.24) is 19.9 Å². The number of para-hydroxylation sites is 1. The number of rotatable bonds is 5. The van der Waals surface area contributed by atoms with Crippen LogP contribution in [0.2, 0.25) is 0 Å². The average molecular weight is 763 g/mol. The summed E-state index contributed by atoms with van der Waals surface area (Å²) in [6.45, 7) is 0. The van der Waals surface area contributed by atoms with Gasteiger partial charge in [-0.3, -0.25) is 0 Å². The van der Waals surface area contributed by atoms with Crippen molar-refractivity contribution in [3.63, 3.8) is 0 Å². The van der Waals surface area contributed by atoms with E-state index in [2.05, 4.69) is 206 Å². The maximum absolute atomic E-state index is 5.38. The molecule has 0 aliphatic rings. The highest BCUT2D eigenvalue weighted by Crippen LogP contribution is 2.42. The van der Waals surface area contributed by atoms with Gasteiger partial charge in [0.15, 0.2) is 17.5 Å². The van der Waals surface area contributed by atoms with Crippen molar-refractivity contribution in [2.24, 2.45) is 0 Å². The van der Waals surface area contributed by atoms with Gasteiger partial charge in [-0.15, -0.1) is 0 Å². The van der Waals surface area contributed by atoms with E-state index in [-0.39, 0.29) is 0 Å². The Labute approximate surface area is 346 Å². The van der Waals surface area contributed by atoms with E-state index in [0.717, 1.165) is 66.1 Å². The zero-order valence-corrected chi connectivity index (χ0v) is 32.4. The Balaban J connectivity index is 1.08. The van der Waals surface area contributed by atoms with Gasteiger partial charge in [0.2, 0.25) is 0 Å². The van der Waals surface area contributed by atoms with Gasteiger partial charge in [0, 0.05) is 38.4 Å². The Kier molecular flexibility index (Phi) is 7.82. The minimum Gasteiger partial charge on any atom is -0.247 e. The van der Waals surface area contributed by atoms with Crippen LogP contribution in [-0.4, -0.2) is 19.9 Å². The molecule has 0 atom stereocenters. The summed E-state index contributed by atoms with van der Waals surface area (Å²) in [6.07, 6.45) is 0. The number of pyridine rings is 1. The highest BCUT2D eigenvalue weighted by atomic mass is 15.0. The molecular formula is C56H34N4. The quantitative estimate of drug-likeness (QED) is 0.164. The zero-order valence-electron chi connectivity index (χ0n) is 32.4. The second-order valence-corrected chi connectivity index (χ2v) is 15.4. The lowest BCUT2D eigenvalue weighted by Crippen LogP contribution is -2.00. The molecule has 0 fully saturated rings. The number of hydrogen-bond acceptors (Lipinski definition) is 4. The van der Waals surface area contributed by atoms with Crippen molar-refractivity contribution in [3.05, 3.63) is 206 Å². The van der Waals surface area contributed by atoms with E-state index in [1.165, 1.54) is 37.7 Å². The summed E-state index contributed by atoms with van der Waals surface area (Å²) in [4.78, 5) is 20.9. The first-order chi connectivity index (χ1) is 29.7. The molecule has 0 aliphatic carbocycles. The lowest BCUT2D eigenvalue weighted by atomic mass is 9.89. The molecule has 0 unspecified atom stereocenters. The van der Waals surface area contributed by atoms with Gasteiger partial charge in [-0.2, -0.15) is 0 Å². The van der Waals surface area contributed by atoms with E-state index in [0.29, 0.717) is 17.5 Å². The van der Waals surface area contributed by atoms with E-state index in [9.17, 15) is 0 Å². The molecule has 10 aromatic carbocycles. The number of hydrogen-bond donors (Lipinski definition) is 0. The third-order valence-electron chi connectivity index (χ3n) is 11.8. The zero-order chi connectivity index (χ0) is 39.6. The SMILES string of the molecule is c1cc(-c2nc(-c3ccc4ccccc4c3)nc(-c3ccc4ccccc4c3)n2)cc(-c2cc3c(-c4ccc5ccccc5c4)nc4ccccc4c3c3ccccc23)c1. The lowest BCUT2D eigenvalue weighted by molar-refractivity contribution is 1.08. The summed E-state index contributed by atoms with van der Waals surface area (Å²) in [5.74, 6) is 1.88. The maximum Gasteiger partial charge on any atom is 0.164 e. The smallest absolute Gasteiger partial charge is 0.164 e. The molecule has 0 radical (unpaired) electrons. The number of aromatic nitrogens is 4. The van der Waals surface area contributed by atoms with Crippen LogP contribution in [0.1, 0.15) is 0 Å². The highest BCUT2D eigenvalue weighted by molar-refractivity contribution is 6.25. The minimum absolute atomic E-state index is 0.618. The van der Waals surface area contributed by atoms with Crippen molar-refractivity contribution in [2.75, 3.05) is 0 Å². The molecule has 0 saturated carbocycles. The highest BCUT2D eigenvalue weighted by Gasteiger charge is 2.19. The van der Waals surface area contributed by atoms with Crippen LogP contribution < -0.4 is 0 Å². The van der Waals surface area contributed by atoms with Gasteiger partial charge in [0.25, 0.3) is 0 Å². The lowest BCUT2D eigenvalue weighted by Gasteiger charge is -2.17. The van der Waals surface area contributed by atoms with Crippen molar-refractivity contribution in [3.8, 4) is 56.5 Å². The summed E-state index contributed by atoms with van der Waals surface area (Å²) in [7, 11) is 0. The molecule has 12 rings (SSSR count). The van der Waals surface area contributed by atoms with E-state index in [1.54, 1.807) is 0 Å². The average Bonchev–Trinajstić information content (AvgIpc) is 3.32. The molecule has 278 valence electrons. The fraction of sp³-hybridized carbons (Fsp3) is 0. The Hall–Kier alpha value is -8.08. The summed E-state index contributed by atoms with van der Waals surface area (Å²) < 4.78 is 0. The van der Waals surface area contributed by atoms with Crippen LogP contribution in [0.15, 0.2) is 206 Å². The fourth-order valence-corrected chi connectivity index (χ4v) is 8.86. The standard InChI is InChI=1S/C56H34N4/c1-4-15-38-30-42(27-24-35(38)12-1)53-50-34-49(46-20-7-8-21-47(46)52(50)48-22-9-10-23-51(48)57-53)41-18-11-19-43(33-41)54-58-55(44-28-25-36-13-2-5-16-39(36)31-44)60-56(59-54)45-29-26-37-14-3-6-17-40(37)32-45/h1-34H. The topological polar surface area (TPSA) is 51.6 Å². The summed E-state index contributed by atoms with van der Waals surface area (Å²) in [5.41, 5.74) is 8.03. The molecule has 2 heterocycles. The van der Waals surface area contributed by atoms with Crippen molar-refractivity contribution < 1.29 is 0 Å². The Morgan fingerprint density at radius 3 is 1.30 bits per heavy atom. The van der Waals surface area contributed by atoms with Crippen LogP contribution in [0.3, 0.4) is 0 Å². The first-order valence-electron chi connectivity index (χ1n) is 20.3. The van der Waals surface area contributed by atoms with E-state index >= 15 is 0 Å². The molecule has 0 bridgehead atoms. The third kappa shape index (κ3) is 5.77. The molecule has 0 aliphatic heterocycles. The van der Waals surface area contributed by atoms with Crippen LogP contribution in [0, 0.1) is 0 Å². The molecule has 4 nitrogen and oxygen atoms in total. The Bertz CT molecular complexity index is 3590. The monoisotopic (exact) mass is 762 g/mol. The third-order valence-corrected chi connectivity index (χ3v) is 11.8. The molecule has 60 heavy (non-hydrogen) atoms. The van der Waals surface area contributed by atoms with Gasteiger partial charge in [0.05, 0.1) is 11.2 Å². The van der Waals surface area contributed by atoms with Crippen molar-refractivity contribution >= 4 is 64.8 Å². The summed E-state index contributed by atoms with van der Waals surface area (Å²) in [5, 5.41) is 12.8. The second-order valence-electron chi connectivity index (χ2n) is 15.4. The van der Waals surface area contributed by atoms with Gasteiger partial charge in [0.1, 0.15) is 0 Å². The predicted octanol–water partition coefficient (Wildman–Crippen LogP) is 14.5. The first kappa shape index (κ1) is 34.0. The van der Waals surface area contributed by atoms with Crippen molar-refractivity contribution in [1.29, 1.82) is 0 Å². The van der Waals surface area contributed by atoms with Crippen LogP contribution >= 0.6 is 0 Å². The Morgan fingerprint density at radius 2 is 0.700 bits per heavy atom. The minimum atomic E-state index is 0.618. The van der Waals surface area contributed by atoms with Crippen LogP contribution in [0.4, 0.5) is 0 Å². The van der Waals surface area contributed by atoms with Crippen LogP contribution in [-0.2, 0) is 0 Å². The van der Waals surface area contributed by atoms with Gasteiger partial charge in [-0.25, -0.2) is 19.9 Å². The second kappa shape index (κ2) is 13.8. The molecule has 4 heteroatoms. The molecule has 0 spiro atoms. The van der Waals surface area contributed by atoms with E-state index < -0.39 is 0 Å². The molecule has 0 amide bonds. The van der Waals surface area contributed by atoms with Gasteiger partial charge in [-0.1, -0.05) is 170 Å². The van der Waals surface area contributed by atoms with E-state index in [1.807, 2.05) is 0 Å². The molecule has 2 aromatic heterocycles. The van der Waals surface area contributed by atoms with Crippen LogP contribution in [0.25, 0.3) is 121 Å². The van der Waals surface area contributed by atoms with Gasteiger partial charge >= 0.3 is 0 Å².